The molecule has 0 heterocycles. The van der Waals surface area contributed by atoms with Crippen LogP contribution >= 0.6 is 0 Å². The number of carboxylic acids is 1. The van der Waals surface area contributed by atoms with Crippen molar-refractivity contribution in [1.82, 2.24) is 0 Å². The maximum absolute atomic E-state index is 13.0. The molecule has 0 amide bonds. The molecule has 2 rings (SSSR count). The molecule has 0 aromatic heterocycles. The largest absolute Gasteiger partial charge is 0.478 e. The van der Waals surface area contributed by atoms with Gasteiger partial charge in [0, 0.05) is 0 Å². The van der Waals surface area contributed by atoms with Crippen molar-refractivity contribution in [2.24, 2.45) is 0 Å². The van der Waals surface area contributed by atoms with Gasteiger partial charge in [-0.15, -0.1) is 0 Å². The molecule has 0 spiro atoms. The Morgan fingerprint density at radius 1 is 1.43 bits per heavy atom. The molecule has 74 valence electrons. The molecule has 2 nitrogen and oxygen atoms in total. The van der Waals surface area contributed by atoms with Crippen molar-refractivity contribution >= 4 is 5.97 Å². The van der Waals surface area contributed by atoms with Crippen molar-refractivity contribution in [2.75, 3.05) is 0 Å². The molecular weight excluding hydrogens is 183 g/mol. The van der Waals surface area contributed by atoms with Crippen molar-refractivity contribution in [3.05, 3.63) is 35.1 Å². The SMILES string of the molecule is O=C(O)c1cc(C2CCC2)ccc1F. The molecule has 1 saturated carbocycles. The first kappa shape index (κ1) is 9.19. The fourth-order valence-electron chi connectivity index (χ4n) is 1.70. The van der Waals surface area contributed by atoms with Crippen molar-refractivity contribution in [2.45, 2.75) is 25.2 Å². The van der Waals surface area contributed by atoms with Gasteiger partial charge < -0.3 is 5.11 Å². The molecule has 1 aromatic carbocycles. The maximum atomic E-state index is 13.0. The first-order valence-corrected chi connectivity index (χ1v) is 4.71. The minimum atomic E-state index is -1.19. The predicted octanol–water partition coefficient (Wildman–Crippen LogP) is 2.79. The Labute approximate surface area is 81.4 Å². The predicted molar refractivity (Wildman–Crippen MR) is 50.0 cm³/mol. The van der Waals surface area contributed by atoms with E-state index in [1.165, 1.54) is 18.6 Å². The lowest BCUT2D eigenvalue weighted by molar-refractivity contribution is 0.0691. The first-order valence-electron chi connectivity index (χ1n) is 4.71. The Balaban J connectivity index is 2.34. The quantitative estimate of drug-likeness (QED) is 0.785. The highest BCUT2D eigenvalue weighted by Crippen LogP contribution is 2.36. The second-order valence-corrected chi connectivity index (χ2v) is 3.67. The van der Waals surface area contributed by atoms with Crippen molar-refractivity contribution in [3.8, 4) is 0 Å². The Bertz CT molecular complexity index is 370. The summed E-state index contributed by atoms with van der Waals surface area (Å²) in [4.78, 5) is 10.7. The molecule has 1 aliphatic rings. The molecular formula is C11H11FO2. The van der Waals surface area contributed by atoms with Gasteiger partial charge in [-0.1, -0.05) is 12.5 Å². The summed E-state index contributed by atoms with van der Waals surface area (Å²) in [6.45, 7) is 0. The van der Waals surface area contributed by atoms with E-state index in [0.29, 0.717) is 5.92 Å². The summed E-state index contributed by atoms with van der Waals surface area (Å²) < 4.78 is 13.0. The third-order valence-corrected chi connectivity index (χ3v) is 2.80. The van der Waals surface area contributed by atoms with E-state index in [-0.39, 0.29) is 5.56 Å². The van der Waals surface area contributed by atoms with E-state index in [2.05, 4.69) is 0 Å². The summed E-state index contributed by atoms with van der Waals surface area (Å²) in [6.07, 6.45) is 3.36. The van der Waals surface area contributed by atoms with Crippen LogP contribution in [0.5, 0.6) is 0 Å². The van der Waals surface area contributed by atoms with E-state index in [1.54, 1.807) is 6.07 Å². The number of carboxylic acid groups (broad SMARTS) is 1. The lowest BCUT2D eigenvalue weighted by atomic mass is 9.79. The number of benzene rings is 1. The van der Waals surface area contributed by atoms with E-state index in [0.717, 1.165) is 18.4 Å². The van der Waals surface area contributed by atoms with E-state index >= 15 is 0 Å². The van der Waals surface area contributed by atoms with Gasteiger partial charge in [0.1, 0.15) is 5.82 Å². The highest BCUT2D eigenvalue weighted by Gasteiger charge is 2.21. The van der Waals surface area contributed by atoms with E-state index < -0.39 is 11.8 Å². The van der Waals surface area contributed by atoms with Crippen LogP contribution in [0.2, 0.25) is 0 Å². The van der Waals surface area contributed by atoms with Gasteiger partial charge in [-0.2, -0.15) is 0 Å². The second kappa shape index (κ2) is 3.40. The molecule has 3 heteroatoms. The van der Waals surface area contributed by atoms with Gasteiger partial charge in [-0.05, 0) is 36.5 Å². The highest BCUT2D eigenvalue weighted by molar-refractivity contribution is 5.88. The second-order valence-electron chi connectivity index (χ2n) is 3.67. The number of rotatable bonds is 2. The molecule has 1 aromatic rings. The summed E-state index contributed by atoms with van der Waals surface area (Å²) in [5, 5.41) is 8.72. The molecule has 1 aliphatic carbocycles. The minimum absolute atomic E-state index is 0.214. The van der Waals surface area contributed by atoms with Crippen LogP contribution in [0.15, 0.2) is 18.2 Å². The minimum Gasteiger partial charge on any atom is -0.478 e. The fraction of sp³-hybridized carbons (Fsp3) is 0.364. The zero-order valence-corrected chi connectivity index (χ0v) is 7.66. The number of aromatic carboxylic acids is 1. The average molecular weight is 194 g/mol. The summed E-state index contributed by atoms with van der Waals surface area (Å²) in [7, 11) is 0. The average Bonchev–Trinajstić information content (AvgIpc) is 2.04. The highest BCUT2D eigenvalue weighted by atomic mass is 19.1. The molecule has 0 atom stereocenters. The molecule has 14 heavy (non-hydrogen) atoms. The number of carbonyl (C=O) groups is 1. The van der Waals surface area contributed by atoms with Crippen LogP contribution < -0.4 is 0 Å². The van der Waals surface area contributed by atoms with Gasteiger partial charge in [-0.3, -0.25) is 0 Å². The molecule has 0 radical (unpaired) electrons. The summed E-state index contributed by atoms with van der Waals surface area (Å²) in [5.74, 6) is -1.40. The van der Waals surface area contributed by atoms with Gasteiger partial charge in [-0.25, -0.2) is 9.18 Å². The molecule has 0 unspecified atom stereocenters. The standard InChI is InChI=1S/C11H11FO2/c12-10-5-4-8(7-2-1-3-7)6-9(10)11(13)14/h4-7H,1-3H2,(H,13,14). The van der Waals surface area contributed by atoms with Crippen LogP contribution in [-0.2, 0) is 0 Å². The summed E-state index contributed by atoms with van der Waals surface area (Å²) >= 11 is 0. The van der Waals surface area contributed by atoms with Crippen LogP contribution in [0.3, 0.4) is 0 Å². The Kier molecular flexibility index (Phi) is 2.23. The number of halogens is 1. The zero-order chi connectivity index (χ0) is 10.1. The Morgan fingerprint density at radius 2 is 2.14 bits per heavy atom. The molecule has 0 saturated heterocycles. The smallest absolute Gasteiger partial charge is 0.338 e. The topological polar surface area (TPSA) is 37.3 Å². The maximum Gasteiger partial charge on any atom is 0.338 e. The summed E-state index contributed by atoms with van der Waals surface area (Å²) in [5.41, 5.74) is 0.740. The van der Waals surface area contributed by atoms with Gasteiger partial charge in [0.2, 0.25) is 0 Å². The lowest BCUT2D eigenvalue weighted by Crippen LogP contribution is -2.10. The van der Waals surface area contributed by atoms with E-state index in [9.17, 15) is 9.18 Å². The number of hydrogen-bond donors (Lipinski definition) is 1. The van der Waals surface area contributed by atoms with Gasteiger partial charge in [0.15, 0.2) is 0 Å². The van der Waals surface area contributed by atoms with Gasteiger partial charge in [0.25, 0.3) is 0 Å². The van der Waals surface area contributed by atoms with Crippen molar-refractivity contribution in [3.63, 3.8) is 0 Å². The molecule has 0 aliphatic heterocycles. The number of hydrogen-bond acceptors (Lipinski definition) is 1. The van der Waals surface area contributed by atoms with Crippen LogP contribution in [0.25, 0.3) is 0 Å². The monoisotopic (exact) mass is 194 g/mol. The normalized spacial score (nSPS) is 16.4. The molecule has 1 N–H and O–H groups in total. The first-order chi connectivity index (χ1) is 6.68. The van der Waals surface area contributed by atoms with E-state index in [4.69, 9.17) is 5.11 Å². The van der Waals surface area contributed by atoms with Crippen molar-refractivity contribution < 1.29 is 14.3 Å². The Hall–Kier alpha value is -1.38. The summed E-state index contributed by atoms with van der Waals surface area (Å²) in [6, 6.07) is 4.39. The third-order valence-electron chi connectivity index (χ3n) is 2.80. The zero-order valence-electron chi connectivity index (χ0n) is 7.66. The fourth-order valence-corrected chi connectivity index (χ4v) is 1.70. The van der Waals surface area contributed by atoms with Gasteiger partial charge in [0.05, 0.1) is 5.56 Å². The molecule has 1 fully saturated rings. The lowest BCUT2D eigenvalue weighted by Gasteiger charge is -2.25. The van der Waals surface area contributed by atoms with Gasteiger partial charge >= 0.3 is 5.97 Å². The van der Waals surface area contributed by atoms with Crippen LogP contribution in [0.4, 0.5) is 4.39 Å². The van der Waals surface area contributed by atoms with Crippen LogP contribution in [0, 0.1) is 5.82 Å². The molecule has 0 bridgehead atoms. The van der Waals surface area contributed by atoms with E-state index in [1.807, 2.05) is 0 Å². The van der Waals surface area contributed by atoms with Crippen LogP contribution in [0.1, 0.15) is 41.1 Å². The third kappa shape index (κ3) is 1.50. The van der Waals surface area contributed by atoms with Crippen molar-refractivity contribution in [1.29, 1.82) is 0 Å². The Morgan fingerprint density at radius 3 is 2.64 bits per heavy atom. The van der Waals surface area contributed by atoms with Crippen LogP contribution in [-0.4, -0.2) is 11.1 Å².